The molecule has 0 spiro atoms. The molecule has 1 atom stereocenters. The summed E-state index contributed by atoms with van der Waals surface area (Å²) in [4.78, 5) is 27.3. The van der Waals surface area contributed by atoms with E-state index in [1.54, 1.807) is 29.4 Å². The van der Waals surface area contributed by atoms with Gasteiger partial charge in [-0.2, -0.15) is 0 Å². The molecule has 7 nitrogen and oxygen atoms in total. The lowest BCUT2D eigenvalue weighted by Crippen LogP contribution is -2.42. The van der Waals surface area contributed by atoms with Crippen LogP contribution in [0.1, 0.15) is 36.7 Å². The normalized spacial score (nSPS) is 12.2. The molecular formula is C24H26F2N4O3. The molecule has 3 rings (SSSR count). The number of likely N-dealkylation sites (N-methyl/N-ethyl adjacent to an activating group) is 1. The smallest absolute Gasteiger partial charge is 0.316 e. The van der Waals surface area contributed by atoms with Gasteiger partial charge >= 0.3 is 6.01 Å². The predicted molar refractivity (Wildman–Crippen MR) is 119 cm³/mol. The van der Waals surface area contributed by atoms with Gasteiger partial charge in [0.05, 0.1) is 13.2 Å². The van der Waals surface area contributed by atoms with Crippen LogP contribution in [-0.2, 0) is 5.92 Å². The van der Waals surface area contributed by atoms with Gasteiger partial charge in [0, 0.05) is 54.8 Å². The number of alkyl halides is 2. The lowest BCUT2D eigenvalue weighted by Gasteiger charge is -2.28. The SMILES string of the molecule is CCN(C(=O)c1ccccc1-c1cnc(OC)nc1)[C@@H](C)COc1ccc(C(C)(F)F)cn1. The molecule has 1 amide bonds. The Bertz CT molecular complexity index is 1070. The molecule has 3 aromatic rings. The number of carbonyl (C=O) groups is 1. The average molecular weight is 456 g/mol. The number of pyridine rings is 1. The maximum Gasteiger partial charge on any atom is 0.316 e. The van der Waals surface area contributed by atoms with Crippen molar-refractivity contribution in [2.75, 3.05) is 20.3 Å². The van der Waals surface area contributed by atoms with Gasteiger partial charge in [-0.3, -0.25) is 4.79 Å². The van der Waals surface area contributed by atoms with Gasteiger partial charge < -0.3 is 14.4 Å². The number of halogens is 2. The lowest BCUT2D eigenvalue weighted by atomic mass is 10.0. The van der Waals surface area contributed by atoms with Crippen LogP contribution < -0.4 is 9.47 Å². The minimum atomic E-state index is -2.97. The Morgan fingerprint density at radius 2 is 1.79 bits per heavy atom. The third-order valence-corrected chi connectivity index (χ3v) is 5.13. The fraction of sp³-hybridized carbons (Fsp3) is 0.333. The van der Waals surface area contributed by atoms with Crippen molar-refractivity contribution in [1.82, 2.24) is 19.9 Å². The number of hydrogen-bond acceptors (Lipinski definition) is 6. The molecule has 0 aliphatic heterocycles. The number of benzene rings is 1. The second-order valence-corrected chi connectivity index (χ2v) is 7.53. The minimum absolute atomic E-state index is 0.155. The van der Waals surface area contributed by atoms with Crippen LogP contribution in [-0.4, -0.2) is 52.1 Å². The maximum atomic E-state index is 13.4. The van der Waals surface area contributed by atoms with E-state index in [4.69, 9.17) is 9.47 Å². The van der Waals surface area contributed by atoms with Crippen molar-refractivity contribution in [3.05, 3.63) is 66.1 Å². The quantitative estimate of drug-likeness (QED) is 0.469. The molecule has 0 saturated carbocycles. The fourth-order valence-corrected chi connectivity index (χ4v) is 3.31. The second-order valence-electron chi connectivity index (χ2n) is 7.53. The minimum Gasteiger partial charge on any atom is -0.475 e. The summed E-state index contributed by atoms with van der Waals surface area (Å²) in [5.74, 6) is -2.92. The van der Waals surface area contributed by atoms with Crippen LogP contribution in [0.3, 0.4) is 0 Å². The van der Waals surface area contributed by atoms with Crippen LogP contribution in [0.4, 0.5) is 8.78 Å². The van der Waals surface area contributed by atoms with Crippen LogP contribution >= 0.6 is 0 Å². The van der Waals surface area contributed by atoms with Crippen molar-refractivity contribution in [2.45, 2.75) is 32.7 Å². The Kier molecular flexibility index (Phi) is 7.52. The standard InChI is InChI=1S/C24H26F2N4O3/c1-5-30(16(2)15-33-21-11-10-18(14-27-21)24(3,25)26)22(31)20-9-7-6-8-19(20)17-12-28-23(32-4)29-13-17/h6-14,16H,5,15H2,1-4H3/t16-/m0/s1. The number of carbonyl (C=O) groups excluding carboxylic acids is 1. The zero-order chi connectivity index (χ0) is 24.0. The third kappa shape index (κ3) is 5.79. The molecule has 33 heavy (non-hydrogen) atoms. The number of hydrogen-bond donors (Lipinski definition) is 0. The van der Waals surface area contributed by atoms with Crippen molar-refractivity contribution < 1.29 is 23.0 Å². The summed E-state index contributed by atoms with van der Waals surface area (Å²) in [6, 6.07) is 9.86. The highest BCUT2D eigenvalue weighted by molar-refractivity contribution is 6.00. The van der Waals surface area contributed by atoms with Crippen LogP contribution in [0.25, 0.3) is 11.1 Å². The maximum absolute atomic E-state index is 13.4. The summed E-state index contributed by atoms with van der Waals surface area (Å²) in [5.41, 5.74) is 1.71. The highest BCUT2D eigenvalue weighted by Gasteiger charge is 2.25. The number of nitrogens with zero attached hydrogens (tertiary/aromatic N) is 4. The fourth-order valence-electron chi connectivity index (χ4n) is 3.31. The molecule has 0 bridgehead atoms. The summed E-state index contributed by atoms with van der Waals surface area (Å²) in [7, 11) is 1.48. The number of aromatic nitrogens is 3. The van der Waals surface area contributed by atoms with E-state index in [0.717, 1.165) is 13.1 Å². The van der Waals surface area contributed by atoms with Gasteiger partial charge in [-0.1, -0.05) is 18.2 Å². The topological polar surface area (TPSA) is 77.4 Å². The van der Waals surface area contributed by atoms with Gasteiger partial charge in [0.25, 0.3) is 11.8 Å². The van der Waals surface area contributed by atoms with Crippen LogP contribution in [0.2, 0.25) is 0 Å². The molecule has 9 heteroatoms. The molecule has 2 aromatic heterocycles. The number of ether oxygens (including phenoxy) is 2. The molecule has 1 aromatic carbocycles. The summed E-state index contributed by atoms with van der Waals surface area (Å²) in [6.45, 7) is 5.15. The Labute approximate surface area is 191 Å². The highest BCUT2D eigenvalue weighted by Crippen LogP contribution is 2.27. The first-order valence-corrected chi connectivity index (χ1v) is 10.5. The third-order valence-electron chi connectivity index (χ3n) is 5.13. The van der Waals surface area contributed by atoms with Gasteiger partial charge in [-0.15, -0.1) is 0 Å². The zero-order valence-electron chi connectivity index (χ0n) is 19.0. The number of amides is 1. The van der Waals surface area contributed by atoms with E-state index in [2.05, 4.69) is 15.0 Å². The Hall–Kier alpha value is -3.62. The van der Waals surface area contributed by atoms with Crippen LogP contribution in [0, 0.1) is 0 Å². The monoisotopic (exact) mass is 456 g/mol. The number of rotatable bonds is 9. The predicted octanol–water partition coefficient (Wildman–Crippen LogP) is 4.59. The molecule has 0 saturated heterocycles. The van der Waals surface area contributed by atoms with Gasteiger partial charge in [0.1, 0.15) is 6.61 Å². The Balaban J connectivity index is 1.74. The molecule has 0 N–H and O–H groups in total. The average Bonchev–Trinajstić information content (AvgIpc) is 2.83. The molecule has 2 heterocycles. The molecule has 0 aliphatic carbocycles. The van der Waals surface area contributed by atoms with E-state index >= 15 is 0 Å². The van der Waals surface area contributed by atoms with Crippen molar-refractivity contribution in [2.24, 2.45) is 0 Å². The molecule has 0 fully saturated rings. The molecule has 0 aliphatic rings. The van der Waals surface area contributed by atoms with Gasteiger partial charge in [-0.05, 0) is 31.5 Å². The summed E-state index contributed by atoms with van der Waals surface area (Å²) >= 11 is 0. The van der Waals surface area contributed by atoms with Crippen molar-refractivity contribution >= 4 is 5.91 Å². The van der Waals surface area contributed by atoms with Gasteiger partial charge in [0.2, 0.25) is 5.88 Å². The summed E-state index contributed by atoms with van der Waals surface area (Å²) < 4.78 is 37.4. The highest BCUT2D eigenvalue weighted by atomic mass is 19.3. The largest absolute Gasteiger partial charge is 0.475 e. The van der Waals surface area contributed by atoms with Crippen LogP contribution in [0.5, 0.6) is 11.9 Å². The van der Waals surface area contributed by atoms with Crippen LogP contribution in [0.15, 0.2) is 55.0 Å². The van der Waals surface area contributed by atoms with E-state index in [0.29, 0.717) is 23.2 Å². The van der Waals surface area contributed by atoms with Crippen molar-refractivity contribution in [3.8, 4) is 23.0 Å². The molecule has 0 unspecified atom stereocenters. The summed E-state index contributed by atoms with van der Waals surface area (Å²) in [5, 5.41) is 0. The first-order chi connectivity index (χ1) is 15.7. The molecule has 174 valence electrons. The van der Waals surface area contributed by atoms with E-state index in [1.165, 1.54) is 19.2 Å². The van der Waals surface area contributed by atoms with E-state index in [9.17, 15) is 13.6 Å². The van der Waals surface area contributed by atoms with Gasteiger partial charge in [0.15, 0.2) is 0 Å². The first kappa shape index (κ1) is 24.0. The first-order valence-electron chi connectivity index (χ1n) is 10.5. The van der Waals surface area contributed by atoms with E-state index in [-0.39, 0.29) is 36.0 Å². The molecular weight excluding hydrogens is 430 g/mol. The van der Waals surface area contributed by atoms with Crippen molar-refractivity contribution in [3.63, 3.8) is 0 Å². The second kappa shape index (κ2) is 10.3. The van der Waals surface area contributed by atoms with Gasteiger partial charge in [-0.25, -0.2) is 23.7 Å². The molecule has 0 radical (unpaired) electrons. The lowest BCUT2D eigenvalue weighted by molar-refractivity contribution is 0.0169. The Morgan fingerprint density at radius 1 is 1.09 bits per heavy atom. The Morgan fingerprint density at radius 3 is 2.36 bits per heavy atom. The number of methoxy groups -OCH3 is 1. The zero-order valence-corrected chi connectivity index (χ0v) is 19.0. The summed E-state index contributed by atoms with van der Waals surface area (Å²) in [6.07, 6.45) is 4.31. The van der Waals surface area contributed by atoms with E-state index < -0.39 is 5.92 Å². The van der Waals surface area contributed by atoms with Crippen molar-refractivity contribution in [1.29, 1.82) is 0 Å². The van der Waals surface area contributed by atoms with E-state index in [1.807, 2.05) is 26.0 Å².